The maximum Gasteiger partial charge on any atom is 0.193 e. The fourth-order valence-corrected chi connectivity index (χ4v) is 0.893. The van der Waals surface area contributed by atoms with Crippen LogP contribution in [0.4, 0.5) is 0 Å². The van der Waals surface area contributed by atoms with Gasteiger partial charge in [-0.05, 0) is 12.2 Å². The van der Waals surface area contributed by atoms with E-state index in [0.717, 1.165) is 0 Å². The molecule has 0 saturated carbocycles. The molecule has 1 spiro atoms. The first kappa shape index (κ1) is 4.94. The Morgan fingerprint density at radius 2 is 2.33 bits per heavy atom. The van der Waals surface area contributed by atoms with Crippen LogP contribution in [0.15, 0.2) is 24.3 Å². The summed E-state index contributed by atoms with van der Waals surface area (Å²) in [5.74, 6) is 0.0741. The van der Waals surface area contributed by atoms with Crippen molar-refractivity contribution in [1.29, 1.82) is 0 Å². The second kappa shape index (κ2) is 1.33. The molecule has 2 heteroatoms. The molecule has 1 atom stereocenters. The van der Waals surface area contributed by atoms with Crippen molar-refractivity contribution in [2.24, 2.45) is 0 Å². The van der Waals surface area contributed by atoms with Gasteiger partial charge in [-0.3, -0.25) is 4.79 Å². The van der Waals surface area contributed by atoms with Gasteiger partial charge in [0, 0.05) is 0 Å². The normalized spacial score (nSPS) is 38.0. The summed E-state index contributed by atoms with van der Waals surface area (Å²) in [5, 5.41) is 0. The predicted octanol–water partition coefficient (Wildman–Crippen LogP) is 0.450. The first-order valence-corrected chi connectivity index (χ1v) is 2.88. The summed E-state index contributed by atoms with van der Waals surface area (Å²) >= 11 is 0. The predicted molar refractivity (Wildman–Crippen MR) is 32.0 cm³/mol. The number of hydrogen-bond donors (Lipinski definition) is 0. The van der Waals surface area contributed by atoms with Gasteiger partial charge in [-0.15, -0.1) is 0 Å². The molecule has 2 nitrogen and oxygen atoms in total. The molecular formula is C7H6O2. The van der Waals surface area contributed by atoms with Crippen LogP contribution in [0.3, 0.4) is 0 Å². The van der Waals surface area contributed by atoms with Gasteiger partial charge in [0.25, 0.3) is 0 Å². The first-order chi connectivity index (χ1) is 4.33. The molecule has 2 aliphatic rings. The third kappa shape index (κ3) is 0.566. The molecule has 1 aliphatic heterocycles. The fourth-order valence-electron chi connectivity index (χ4n) is 0.893. The van der Waals surface area contributed by atoms with Crippen molar-refractivity contribution in [3.63, 3.8) is 0 Å². The summed E-state index contributed by atoms with van der Waals surface area (Å²) in [6.45, 7) is 0.562. The van der Waals surface area contributed by atoms with Crippen LogP contribution in [0.5, 0.6) is 0 Å². The van der Waals surface area contributed by atoms with E-state index >= 15 is 0 Å². The molecule has 9 heavy (non-hydrogen) atoms. The minimum Gasteiger partial charge on any atom is -0.356 e. The Morgan fingerprint density at radius 3 is 2.78 bits per heavy atom. The van der Waals surface area contributed by atoms with Gasteiger partial charge >= 0.3 is 0 Å². The average Bonchev–Trinajstić information content (AvgIpc) is 2.60. The number of ketones is 1. The zero-order valence-electron chi connectivity index (χ0n) is 4.83. The SMILES string of the molecule is O=C1C=CC=CC12CO2. The highest BCUT2D eigenvalue weighted by Crippen LogP contribution is 2.31. The van der Waals surface area contributed by atoms with E-state index in [4.69, 9.17) is 4.74 Å². The molecule has 0 radical (unpaired) electrons. The van der Waals surface area contributed by atoms with Crippen molar-refractivity contribution >= 4 is 5.78 Å². The molecule has 0 aromatic rings. The summed E-state index contributed by atoms with van der Waals surface area (Å²) in [5.41, 5.74) is -0.519. The minimum absolute atomic E-state index is 0.0741. The lowest BCUT2D eigenvalue weighted by molar-refractivity contribution is -0.118. The van der Waals surface area contributed by atoms with Crippen LogP contribution >= 0.6 is 0 Å². The molecule has 1 aliphatic carbocycles. The van der Waals surface area contributed by atoms with Crippen LogP contribution in [-0.4, -0.2) is 18.0 Å². The van der Waals surface area contributed by atoms with E-state index in [0.29, 0.717) is 6.61 Å². The van der Waals surface area contributed by atoms with Gasteiger partial charge in [0.2, 0.25) is 0 Å². The molecule has 0 bridgehead atoms. The van der Waals surface area contributed by atoms with Gasteiger partial charge in [0.15, 0.2) is 11.4 Å². The second-order valence-corrected chi connectivity index (χ2v) is 2.26. The van der Waals surface area contributed by atoms with E-state index in [1.807, 2.05) is 6.08 Å². The summed E-state index contributed by atoms with van der Waals surface area (Å²) in [4.78, 5) is 10.9. The molecule has 2 rings (SSSR count). The van der Waals surface area contributed by atoms with Crippen LogP contribution in [0.2, 0.25) is 0 Å². The van der Waals surface area contributed by atoms with Gasteiger partial charge in [-0.2, -0.15) is 0 Å². The van der Waals surface area contributed by atoms with Crippen LogP contribution < -0.4 is 0 Å². The lowest BCUT2D eigenvalue weighted by atomic mass is 10.0. The highest BCUT2D eigenvalue weighted by Gasteiger charge is 2.48. The monoisotopic (exact) mass is 122 g/mol. The van der Waals surface area contributed by atoms with Crippen molar-refractivity contribution in [3.8, 4) is 0 Å². The maximum absolute atomic E-state index is 10.9. The van der Waals surface area contributed by atoms with Crippen molar-refractivity contribution in [2.45, 2.75) is 5.60 Å². The minimum atomic E-state index is -0.519. The van der Waals surface area contributed by atoms with Crippen molar-refractivity contribution in [2.75, 3.05) is 6.61 Å². The summed E-state index contributed by atoms with van der Waals surface area (Å²) < 4.78 is 4.96. The molecule has 1 saturated heterocycles. The molecule has 46 valence electrons. The molecule has 1 unspecified atom stereocenters. The molecule has 0 N–H and O–H groups in total. The average molecular weight is 122 g/mol. The third-order valence-electron chi connectivity index (χ3n) is 1.60. The van der Waals surface area contributed by atoms with Gasteiger partial charge < -0.3 is 4.74 Å². The van der Waals surface area contributed by atoms with Crippen LogP contribution in [-0.2, 0) is 9.53 Å². The fraction of sp³-hybridized carbons (Fsp3) is 0.286. The van der Waals surface area contributed by atoms with Crippen molar-refractivity contribution in [3.05, 3.63) is 24.3 Å². The molecular weight excluding hydrogens is 116 g/mol. The van der Waals surface area contributed by atoms with Crippen LogP contribution in [0.25, 0.3) is 0 Å². The van der Waals surface area contributed by atoms with E-state index < -0.39 is 5.60 Å². The first-order valence-electron chi connectivity index (χ1n) is 2.88. The Morgan fingerprint density at radius 1 is 1.56 bits per heavy atom. The highest BCUT2D eigenvalue weighted by molar-refractivity contribution is 6.02. The quantitative estimate of drug-likeness (QED) is 0.436. The zero-order valence-corrected chi connectivity index (χ0v) is 4.83. The smallest absolute Gasteiger partial charge is 0.193 e. The van der Waals surface area contributed by atoms with E-state index in [9.17, 15) is 4.79 Å². The highest BCUT2D eigenvalue weighted by atomic mass is 16.6. The standard InChI is InChI=1S/C7H6O2/c8-6-3-1-2-4-7(6)5-9-7/h1-4H,5H2. The second-order valence-electron chi connectivity index (χ2n) is 2.26. The van der Waals surface area contributed by atoms with Crippen molar-refractivity contribution < 1.29 is 9.53 Å². The van der Waals surface area contributed by atoms with Gasteiger partial charge in [0.1, 0.15) is 0 Å². The molecule has 0 amide bonds. The topological polar surface area (TPSA) is 29.6 Å². The summed E-state index contributed by atoms with van der Waals surface area (Å²) in [7, 11) is 0. The largest absolute Gasteiger partial charge is 0.356 e. The number of ether oxygens (including phenoxy) is 1. The Balaban J connectivity index is 2.36. The Kier molecular flexibility index (Phi) is 0.732. The Labute approximate surface area is 52.8 Å². The molecule has 1 heterocycles. The Hall–Kier alpha value is -0.890. The number of carbonyl (C=O) groups is 1. The number of carbonyl (C=O) groups excluding carboxylic acids is 1. The third-order valence-corrected chi connectivity index (χ3v) is 1.60. The van der Waals surface area contributed by atoms with E-state index in [1.165, 1.54) is 0 Å². The number of epoxide rings is 1. The maximum atomic E-state index is 10.9. The lowest BCUT2D eigenvalue weighted by Crippen LogP contribution is -2.20. The van der Waals surface area contributed by atoms with E-state index in [2.05, 4.69) is 0 Å². The van der Waals surface area contributed by atoms with E-state index in [1.54, 1.807) is 18.2 Å². The molecule has 0 aromatic heterocycles. The number of rotatable bonds is 0. The van der Waals surface area contributed by atoms with Gasteiger partial charge in [-0.25, -0.2) is 0 Å². The number of allylic oxidation sites excluding steroid dienone is 2. The summed E-state index contributed by atoms with van der Waals surface area (Å²) in [6.07, 6.45) is 6.92. The Bertz CT molecular complexity index is 209. The van der Waals surface area contributed by atoms with Gasteiger partial charge in [0.05, 0.1) is 6.61 Å². The van der Waals surface area contributed by atoms with Crippen LogP contribution in [0.1, 0.15) is 0 Å². The number of hydrogen-bond acceptors (Lipinski definition) is 2. The zero-order chi connectivity index (χ0) is 6.32. The molecule has 0 aromatic carbocycles. The van der Waals surface area contributed by atoms with Crippen molar-refractivity contribution in [1.82, 2.24) is 0 Å². The lowest BCUT2D eigenvalue weighted by Gasteiger charge is -2.02. The van der Waals surface area contributed by atoms with Gasteiger partial charge in [-0.1, -0.05) is 12.2 Å². The summed E-state index contributed by atoms with van der Waals surface area (Å²) in [6, 6.07) is 0. The van der Waals surface area contributed by atoms with E-state index in [-0.39, 0.29) is 5.78 Å². The van der Waals surface area contributed by atoms with Crippen LogP contribution in [0, 0.1) is 0 Å². The molecule has 1 fully saturated rings.